The predicted octanol–water partition coefficient (Wildman–Crippen LogP) is 4.23. The summed E-state index contributed by atoms with van der Waals surface area (Å²) in [5, 5.41) is 10.2. The molecule has 0 bridgehead atoms. The molecular weight excluding hydrogens is 568 g/mol. The third kappa shape index (κ3) is 31.5. The summed E-state index contributed by atoms with van der Waals surface area (Å²) >= 11 is 0. The highest BCUT2D eigenvalue weighted by Gasteiger charge is 2.03. The Labute approximate surface area is 194 Å². The van der Waals surface area contributed by atoms with Gasteiger partial charge in [-0.1, -0.05) is 28.2 Å². The van der Waals surface area contributed by atoms with Crippen LogP contribution in [0.5, 0.6) is 0 Å². The molecule has 0 saturated carbocycles. The molecule has 0 aromatic rings. The molecule has 0 amide bonds. The fourth-order valence-corrected chi connectivity index (χ4v) is 2.15. The Morgan fingerprint density at radius 2 is 0.792 bits per heavy atom. The lowest BCUT2D eigenvalue weighted by atomic mass is 10.3. The average Bonchev–Trinajstić information content (AvgIpc) is 2.43. The van der Waals surface area contributed by atoms with Gasteiger partial charge in [0.25, 0.3) is 0 Å². The maximum absolute atomic E-state index is 3.41. The van der Waals surface area contributed by atoms with Crippen LogP contribution in [-0.2, 0) is 0 Å². The summed E-state index contributed by atoms with van der Waals surface area (Å²) in [5.74, 6) is 0. The van der Waals surface area contributed by atoms with Gasteiger partial charge in [-0.25, -0.2) is 0 Å². The van der Waals surface area contributed by atoms with Gasteiger partial charge in [0.05, 0.1) is 0 Å². The van der Waals surface area contributed by atoms with E-state index in [0.29, 0.717) is 0 Å². The van der Waals surface area contributed by atoms with E-state index < -0.39 is 0 Å². The molecule has 156 valence electrons. The molecule has 24 heavy (non-hydrogen) atoms. The van der Waals surface area contributed by atoms with E-state index in [1.54, 1.807) is 0 Å². The standard InChI is InChI=1S/C15H36N4.CH4.4BrH/c1-4-16-10-7-13-19(14-8-11-17-5-2)15-9-12-18-6-3;;;;;/h16-18H,4-15H2,1-3H3;1H4;4*1H. The van der Waals surface area contributed by atoms with Crippen molar-refractivity contribution in [3.05, 3.63) is 0 Å². The molecule has 0 aromatic carbocycles. The van der Waals surface area contributed by atoms with Crippen molar-refractivity contribution in [2.24, 2.45) is 0 Å². The molecule has 0 aliphatic carbocycles. The second kappa shape index (κ2) is 35.8. The Hall–Kier alpha value is 1.76. The molecule has 4 nitrogen and oxygen atoms in total. The normalized spacial score (nSPS) is 9.00. The summed E-state index contributed by atoms with van der Waals surface area (Å²) in [6.07, 6.45) is 3.78. The van der Waals surface area contributed by atoms with E-state index in [2.05, 4.69) is 41.6 Å². The SMILES string of the molecule is Br.Br.Br.Br.C.CCNCCCN(CCCNCC)CCCNCC. The topological polar surface area (TPSA) is 39.3 Å². The summed E-state index contributed by atoms with van der Waals surface area (Å²) in [6.45, 7) is 16.9. The van der Waals surface area contributed by atoms with Crippen molar-refractivity contribution < 1.29 is 0 Å². The van der Waals surface area contributed by atoms with Gasteiger partial charge >= 0.3 is 0 Å². The zero-order chi connectivity index (χ0) is 14.2. The third-order valence-corrected chi connectivity index (χ3v) is 3.23. The summed E-state index contributed by atoms with van der Waals surface area (Å²) in [7, 11) is 0. The second-order valence-corrected chi connectivity index (χ2v) is 4.96. The lowest BCUT2D eigenvalue weighted by Crippen LogP contribution is -2.32. The number of halogens is 4. The average molecular weight is 612 g/mol. The van der Waals surface area contributed by atoms with E-state index in [1.165, 1.54) is 38.9 Å². The minimum atomic E-state index is 0. The van der Waals surface area contributed by atoms with Gasteiger partial charge in [-0.15, -0.1) is 67.9 Å². The second-order valence-electron chi connectivity index (χ2n) is 4.96. The summed E-state index contributed by atoms with van der Waals surface area (Å²) in [5.41, 5.74) is 0. The van der Waals surface area contributed by atoms with Crippen LogP contribution in [0.15, 0.2) is 0 Å². The van der Waals surface area contributed by atoms with Crippen LogP contribution in [0.3, 0.4) is 0 Å². The Balaban J connectivity index is -0.000000162. The zero-order valence-corrected chi connectivity index (χ0v) is 21.9. The van der Waals surface area contributed by atoms with Crippen LogP contribution in [0.1, 0.15) is 47.5 Å². The van der Waals surface area contributed by atoms with E-state index in [9.17, 15) is 0 Å². The predicted molar refractivity (Wildman–Crippen MR) is 134 cm³/mol. The fourth-order valence-electron chi connectivity index (χ4n) is 2.15. The van der Waals surface area contributed by atoms with Gasteiger partial charge in [0.2, 0.25) is 0 Å². The Morgan fingerprint density at radius 3 is 1.00 bits per heavy atom. The van der Waals surface area contributed by atoms with Gasteiger partial charge in [0, 0.05) is 0 Å². The minimum Gasteiger partial charge on any atom is -0.317 e. The molecule has 8 heteroatoms. The first-order valence-electron chi connectivity index (χ1n) is 8.19. The van der Waals surface area contributed by atoms with E-state index in [1.807, 2.05) is 0 Å². The molecule has 0 atom stereocenters. The number of rotatable bonds is 15. The van der Waals surface area contributed by atoms with Crippen molar-refractivity contribution in [3.8, 4) is 0 Å². The highest BCUT2D eigenvalue weighted by atomic mass is 79.9. The Morgan fingerprint density at radius 1 is 0.542 bits per heavy atom. The van der Waals surface area contributed by atoms with Gasteiger partial charge in [-0.05, 0) is 78.2 Å². The van der Waals surface area contributed by atoms with Crippen molar-refractivity contribution in [2.75, 3.05) is 58.9 Å². The fraction of sp³-hybridized carbons (Fsp3) is 1.00. The Bertz CT molecular complexity index is 152. The molecule has 0 rings (SSSR count). The minimum absolute atomic E-state index is 0. The van der Waals surface area contributed by atoms with Crippen LogP contribution < -0.4 is 16.0 Å². The van der Waals surface area contributed by atoms with E-state index in [0.717, 1.165) is 39.3 Å². The molecule has 0 unspecified atom stereocenters. The number of hydrogen-bond donors (Lipinski definition) is 3. The van der Waals surface area contributed by atoms with Crippen molar-refractivity contribution >= 4 is 67.9 Å². The highest BCUT2D eigenvalue weighted by Crippen LogP contribution is 1.96. The molecule has 0 radical (unpaired) electrons. The molecule has 0 aliphatic rings. The van der Waals surface area contributed by atoms with Crippen molar-refractivity contribution in [3.63, 3.8) is 0 Å². The van der Waals surface area contributed by atoms with Crippen LogP contribution >= 0.6 is 67.9 Å². The van der Waals surface area contributed by atoms with E-state index >= 15 is 0 Å². The van der Waals surface area contributed by atoms with Gasteiger partial charge in [-0.2, -0.15) is 0 Å². The van der Waals surface area contributed by atoms with Crippen LogP contribution in [0.25, 0.3) is 0 Å². The highest BCUT2D eigenvalue weighted by molar-refractivity contribution is 8.93. The number of nitrogens with zero attached hydrogens (tertiary/aromatic N) is 1. The van der Waals surface area contributed by atoms with Crippen LogP contribution in [0.2, 0.25) is 0 Å². The smallest absolute Gasteiger partial charge is 0.000662 e. The van der Waals surface area contributed by atoms with E-state index in [-0.39, 0.29) is 75.4 Å². The monoisotopic (exact) mass is 608 g/mol. The third-order valence-electron chi connectivity index (χ3n) is 3.23. The first kappa shape index (κ1) is 40.4. The quantitative estimate of drug-likeness (QED) is 0.243. The molecule has 0 fully saturated rings. The maximum Gasteiger partial charge on any atom is -0.000662 e. The van der Waals surface area contributed by atoms with Gasteiger partial charge in [0.15, 0.2) is 0 Å². The van der Waals surface area contributed by atoms with Gasteiger partial charge < -0.3 is 20.9 Å². The van der Waals surface area contributed by atoms with Crippen LogP contribution in [0, 0.1) is 0 Å². The zero-order valence-electron chi connectivity index (χ0n) is 15.1. The first-order valence-corrected chi connectivity index (χ1v) is 8.19. The summed E-state index contributed by atoms with van der Waals surface area (Å²) in [6, 6.07) is 0. The molecular formula is C16H44Br4N4. The van der Waals surface area contributed by atoms with Gasteiger partial charge in [-0.3, -0.25) is 0 Å². The molecule has 0 saturated heterocycles. The van der Waals surface area contributed by atoms with Crippen LogP contribution in [0.4, 0.5) is 0 Å². The molecule has 3 N–H and O–H groups in total. The maximum atomic E-state index is 3.41. The molecule has 0 aromatic heterocycles. The van der Waals surface area contributed by atoms with Crippen LogP contribution in [-0.4, -0.2) is 63.8 Å². The molecule has 0 spiro atoms. The molecule has 0 aliphatic heterocycles. The Kier molecular flexibility index (Phi) is 60.3. The van der Waals surface area contributed by atoms with Crippen molar-refractivity contribution in [2.45, 2.75) is 47.5 Å². The van der Waals surface area contributed by atoms with Gasteiger partial charge in [0.1, 0.15) is 0 Å². The van der Waals surface area contributed by atoms with Crippen molar-refractivity contribution in [1.29, 1.82) is 0 Å². The summed E-state index contributed by atoms with van der Waals surface area (Å²) in [4.78, 5) is 2.62. The van der Waals surface area contributed by atoms with Crippen molar-refractivity contribution in [1.82, 2.24) is 20.9 Å². The summed E-state index contributed by atoms with van der Waals surface area (Å²) < 4.78 is 0. The first-order chi connectivity index (χ1) is 9.35. The largest absolute Gasteiger partial charge is 0.317 e. The van der Waals surface area contributed by atoms with E-state index in [4.69, 9.17) is 0 Å². The number of nitrogens with one attached hydrogen (secondary N) is 3. The lowest BCUT2D eigenvalue weighted by Gasteiger charge is -2.22. The number of hydrogen-bond acceptors (Lipinski definition) is 4. The lowest BCUT2D eigenvalue weighted by molar-refractivity contribution is 0.261. The molecule has 0 heterocycles.